The molecule has 0 N–H and O–H groups in total. The molecule has 0 bridgehead atoms. The molecule has 156 valence electrons. The zero-order chi connectivity index (χ0) is 19.6. The van der Waals surface area contributed by atoms with Gasteiger partial charge in [-0.3, -0.25) is 9.69 Å². The zero-order valence-corrected chi connectivity index (χ0v) is 17.5. The lowest BCUT2D eigenvalue weighted by molar-refractivity contribution is -0.115. The maximum Gasteiger partial charge on any atom is 0.409 e. The quantitative estimate of drug-likeness (QED) is 0.611. The SMILES string of the molecule is CCOC(=O)N1CCN(CCC(=O)C=Cc2ccc(OC)c(OC)c2)CC1.Cl. The van der Waals surface area contributed by atoms with Crippen molar-refractivity contribution in [2.45, 2.75) is 13.3 Å². The fourth-order valence-corrected chi connectivity index (χ4v) is 2.87. The topological polar surface area (TPSA) is 68.3 Å². The first-order valence-corrected chi connectivity index (χ1v) is 9.14. The summed E-state index contributed by atoms with van der Waals surface area (Å²) in [5.74, 6) is 1.35. The van der Waals surface area contributed by atoms with E-state index < -0.39 is 0 Å². The molecule has 8 heteroatoms. The molecule has 1 heterocycles. The van der Waals surface area contributed by atoms with Crippen molar-refractivity contribution >= 4 is 30.4 Å². The Morgan fingerprint density at radius 2 is 1.75 bits per heavy atom. The molecule has 1 aliphatic rings. The Bertz CT molecular complexity index is 673. The Kier molecular flexibility index (Phi) is 10.4. The van der Waals surface area contributed by atoms with Crippen molar-refractivity contribution in [1.82, 2.24) is 9.80 Å². The van der Waals surface area contributed by atoms with Crippen molar-refractivity contribution in [2.75, 3.05) is 53.6 Å². The van der Waals surface area contributed by atoms with E-state index in [1.807, 2.05) is 18.2 Å². The number of hydrogen-bond acceptors (Lipinski definition) is 6. The van der Waals surface area contributed by atoms with Gasteiger partial charge >= 0.3 is 6.09 Å². The second kappa shape index (κ2) is 12.3. The van der Waals surface area contributed by atoms with Crippen molar-refractivity contribution in [1.29, 1.82) is 0 Å². The highest BCUT2D eigenvalue weighted by Gasteiger charge is 2.21. The highest BCUT2D eigenvalue weighted by Crippen LogP contribution is 2.27. The van der Waals surface area contributed by atoms with E-state index in [2.05, 4.69) is 4.90 Å². The van der Waals surface area contributed by atoms with E-state index >= 15 is 0 Å². The van der Waals surface area contributed by atoms with Gasteiger partial charge in [0.15, 0.2) is 17.3 Å². The first kappa shape index (κ1) is 23.8. The van der Waals surface area contributed by atoms with Gasteiger partial charge < -0.3 is 19.1 Å². The molecule has 1 aliphatic heterocycles. The van der Waals surface area contributed by atoms with Crippen molar-refractivity contribution in [3.8, 4) is 11.5 Å². The average molecular weight is 413 g/mol. The number of amides is 1. The van der Waals surface area contributed by atoms with Gasteiger partial charge in [0.25, 0.3) is 0 Å². The van der Waals surface area contributed by atoms with Crippen molar-refractivity contribution in [2.24, 2.45) is 0 Å². The van der Waals surface area contributed by atoms with Crippen molar-refractivity contribution in [3.05, 3.63) is 29.8 Å². The van der Waals surface area contributed by atoms with Gasteiger partial charge in [0.2, 0.25) is 0 Å². The summed E-state index contributed by atoms with van der Waals surface area (Å²) in [5, 5.41) is 0. The van der Waals surface area contributed by atoms with Crippen LogP contribution in [-0.2, 0) is 9.53 Å². The number of carbonyl (C=O) groups is 2. The number of benzene rings is 1. The fourth-order valence-electron chi connectivity index (χ4n) is 2.87. The first-order valence-electron chi connectivity index (χ1n) is 9.14. The molecule has 0 spiro atoms. The first-order chi connectivity index (χ1) is 13.1. The second-order valence-electron chi connectivity index (χ2n) is 6.19. The number of piperazine rings is 1. The van der Waals surface area contributed by atoms with Gasteiger partial charge in [-0.1, -0.05) is 12.1 Å². The Morgan fingerprint density at radius 3 is 2.36 bits per heavy atom. The number of methoxy groups -OCH3 is 2. The molecular weight excluding hydrogens is 384 g/mol. The minimum atomic E-state index is -0.258. The summed E-state index contributed by atoms with van der Waals surface area (Å²) in [7, 11) is 3.17. The summed E-state index contributed by atoms with van der Waals surface area (Å²) in [6, 6.07) is 5.52. The molecule has 0 unspecified atom stereocenters. The lowest BCUT2D eigenvalue weighted by Gasteiger charge is -2.33. The summed E-state index contributed by atoms with van der Waals surface area (Å²) in [4.78, 5) is 27.7. The summed E-state index contributed by atoms with van der Waals surface area (Å²) in [6.45, 7) is 5.65. The van der Waals surface area contributed by atoms with E-state index in [-0.39, 0.29) is 24.3 Å². The van der Waals surface area contributed by atoms with Crippen LogP contribution in [0.5, 0.6) is 11.5 Å². The summed E-state index contributed by atoms with van der Waals surface area (Å²) >= 11 is 0. The molecule has 2 rings (SSSR count). The van der Waals surface area contributed by atoms with Crippen LogP contribution in [0.3, 0.4) is 0 Å². The average Bonchev–Trinajstić information content (AvgIpc) is 2.71. The van der Waals surface area contributed by atoms with E-state index in [1.165, 1.54) is 0 Å². The molecule has 0 radical (unpaired) electrons. The number of nitrogens with zero attached hydrogens (tertiary/aromatic N) is 2. The third-order valence-corrected chi connectivity index (χ3v) is 4.44. The van der Waals surface area contributed by atoms with Gasteiger partial charge in [0.05, 0.1) is 20.8 Å². The number of allylic oxidation sites excluding steroid dienone is 1. The molecule has 1 aromatic rings. The van der Waals surface area contributed by atoms with Gasteiger partial charge in [-0.15, -0.1) is 12.4 Å². The molecule has 0 atom stereocenters. The molecular formula is C20H29ClN2O5. The van der Waals surface area contributed by atoms with E-state index in [9.17, 15) is 9.59 Å². The summed E-state index contributed by atoms with van der Waals surface area (Å²) in [5.41, 5.74) is 0.879. The maximum atomic E-state index is 12.1. The number of carbonyl (C=O) groups excluding carboxylic acids is 2. The summed E-state index contributed by atoms with van der Waals surface area (Å²) < 4.78 is 15.5. The predicted octanol–water partition coefficient (Wildman–Crippen LogP) is 2.87. The molecule has 0 aliphatic carbocycles. The lowest BCUT2D eigenvalue weighted by Crippen LogP contribution is -2.49. The maximum absolute atomic E-state index is 12.1. The van der Waals surface area contributed by atoms with E-state index in [0.29, 0.717) is 44.2 Å². The summed E-state index contributed by atoms with van der Waals surface area (Å²) in [6.07, 6.45) is 3.56. The third kappa shape index (κ3) is 7.05. The van der Waals surface area contributed by atoms with Crippen LogP contribution in [0.4, 0.5) is 4.79 Å². The largest absolute Gasteiger partial charge is 0.493 e. The van der Waals surface area contributed by atoms with E-state index in [4.69, 9.17) is 14.2 Å². The molecule has 28 heavy (non-hydrogen) atoms. The Morgan fingerprint density at radius 1 is 1.07 bits per heavy atom. The van der Waals surface area contributed by atoms with Crippen LogP contribution < -0.4 is 9.47 Å². The number of hydrogen-bond donors (Lipinski definition) is 0. The van der Waals surface area contributed by atoms with E-state index in [1.54, 1.807) is 38.2 Å². The van der Waals surface area contributed by atoms with Gasteiger partial charge in [0.1, 0.15) is 0 Å². The third-order valence-electron chi connectivity index (χ3n) is 4.44. The van der Waals surface area contributed by atoms with Gasteiger partial charge in [0, 0.05) is 39.1 Å². The van der Waals surface area contributed by atoms with Crippen LogP contribution in [0.25, 0.3) is 6.08 Å². The van der Waals surface area contributed by atoms with Crippen LogP contribution in [-0.4, -0.2) is 75.2 Å². The van der Waals surface area contributed by atoms with Crippen LogP contribution >= 0.6 is 12.4 Å². The number of halogens is 1. The normalized spacial score (nSPS) is 14.5. The standard InChI is InChI=1S/C20H28N2O5.ClH/c1-4-27-20(24)22-13-11-21(12-14-22)10-9-17(23)7-5-16-6-8-18(25-2)19(15-16)26-3;/h5-8,15H,4,9-14H2,1-3H3;1H. The minimum absolute atomic E-state index is 0. The number of ether oxygens (including phenoxy) is 3. The Hall–Kier alpha value is -2.25. The van der Waals surface area contributed by atoms with Crippen molar-refractivity contribution in [3.63, 3.8) is 0 Å². The van der Waals surface area contributed by atoms with E-state index in [0.717, 1.165) is 18.7 Å². The molecule has 1 saturated heterocycles. The monoisotopic (exact) mass is 412 g/mol. The van der Waals surface area contributed by atoms with Crippen LogP contribution in [0.15, 0.2) is 24.3 Å². The number of ketones is 1. The molecule has 0 aromatic heterocycles. The lowest BCUT2D eigenvalue weighted by atomic mass is 10.1. The molecule has 1 aromatic carbocycles. The highest BCUT2D eigenvalue weighted by atomic mass is 35.5. The van der Waals surface area contributed by atoms with Gasteiger partial charge in [-0.05, 0) is 30.7 Å². The predicted molar refractivity (Wildman–Crippen MR) is 110 cm³/mol. The van der Waals surface area contributed by atoms with Gasteiger partial charge in [-0.25, -0.2) is 4.79 Å². The number of rotatable bonds is 8. The smallest absolute Gasteiger partial charge is 0.409 e. The second-order valence-corrected chi connectivity index (χ2v) is 6.19. The molecule has 1 fully saturated rings. The molecule has 0 saturated carbocycles. The van der Waals surface area contributed by atoms with Crippen LogP contribution in [0, 0.1) is 0 Å². The van der Waals surface area contributed by atoms with Crippen molar-refractivity contribution < 1.29 is 23.8 Å². The van der Waals surface area contributed by atoms with Crippen LogP contribution in [0.2, 0.25) is 0 Å². The highest BCUT2D eigenvalue weighted by molar-refractivity contribution is 5.93. The Balaban J connectivity index is 0.00000392. The van der Waals surface area contributed by atoms with Crippen LogP contribution in [0.1, 0.15) is 18.9 Å². The zero-order valence-electron chi connectivity index (χ0n) is 16.7. The molecule has 1 amide bonds. The minimum Gasteiger partial charge on any atom is -0.493 e. The molecule has 7 nitrogen and oxygen atoms in total. The Labute approximate surface area is 172 Å². The van der Waals surface area contributed by atoms with Gasteiger partial charge in [-0.2, -0.15) is 0 Å². The fraction of sp³-hybridized carbons (Fsp3) is 0.500.